The number of hydrogen-bond donors (Lipinski definition) is 1. The van der Waals surface area contributed by atoms with E-state index in [4.69, 9.17) is 9.73 Å². The van der Waals surface area contributed by atoms with Gasteiger partial charge in [-0.25, -0.2) is 0 Å². The zero-order chi connectivity index (χ0) is 19.3. The Morgan fingerprint density at radius 1 is 1.34 bits per heavy atom. The Morgan fingerprint density at radius 2 is 2.24 bits per heavy atom. The molecule has 0 radical (unpaired) electrons. The van der Waals surface area contributed by atoms with Crippen molar-refractivity contribution < 1.29 is 4.74 Å². The van der Waals surface area contributed by atoms with E-state index in [2.05, 4.69) is 32.4 Å². The molecule has 1 atom stereocenters. The summed E-state index contributed by atoms with van der Waals surface area (Å²) in [7, 11) is 1.92. The van der Waals surface area contributed by atoms with Gasteiger partial charge in [0.25, 0.3) is 0 Å². The van der Waals surface area contributed by atoms with Gasteiger partial charge in [-0.3, -0.25) is 14.1 Å². The quantitative estimate of drug-likeness (QED) is 0.320. The van der Waals surface area contributed by atoms with Gasteiger partial charge in [-0.05, 0) is 19.1 Å². The molecule has 0 amide bonds. The number of rotatable bonds is 5. The number of halogens is 1. The second kappa shape index (κ2) is 10.0. The second-order valence-electron chi connectivity index (χ2n) is 6.78. The van der Waals surface area contributed by atoms with Crippen molar-refractivity contribution in [3.05, 3.63) is 48.2 Å². The highest BCUT2D eigenvalue weighted by atomic mass is 127. The Balaban J connectivity index is 0.00000240. The molecule has 0 aliphatic carbocycles. The molecule has 3 aromatic rings. The van der Waals surface area contributed by atoms with Gasteiger partial charge in [-0.1, -0.05) is 6.07 Å². The average Bonchev–Trinajstić information content (AvgIpc) is 3.34. The van der Waals surface area contributed by atoms with Gasteiger partial charge in [0.05, 0.1) is 19.3 Å². The summed E-state index contributed by atoms with van der Waals surface area (Å²) in [6.07, 6.45) is 6.60. The Kier molecular flexibility index (Phi) is 7.42. The summed E-state index contributed by atoms with van der Waals surface area (Å²) in [5.74, 6) is 1.83. The van der Waals surface area contributed by atoms with E-state index in [-0.39, 0.29) is 30.1 Å². The first-order valence-corrected chi connectivity index (χ1v) is 9.66. The molecule has 0 saturated carbocycles. The van der Waals surface area contributed by atoms with Crippen molar-refractivity contribution in [1.82, 2.24) is 34.6 Å². The van der Waals surface area contributed by atoms with Crippen LogP contribution in [0.5, 0.6) is 0 Å². The zero-order valence-corrected chi connectivity index (χ0v) is 19.1. The summed E-state index contributed by atoms with van der Waals surface area (Å²) in [6, 6.07) is 5.90. The molecule has 1 unspecified atom stereocenters. The monoisotopic (exact) mass is 510 g/mol. The van der Waals surface area contributed by atoms with Gasteiger partial charge in [-0.2, -0.15) is 5.10 Å². The van der Waals surface area contributed by atoms with Crippen LogP contribution in [0.2, 0.25) is 0 Å². The lowest BCUT2D eigenvalue weighted by molar-refractivity contribution is -0.00803. The lowest BCUT2D eigenvalue weighted by atomic mass is 10.1. The minimum absolute atomic E-state index is 0. The normalized spacial score (nSPS) is 17.4. The maximum absolute atomic E-state index is 5.95. The van der Waals surface area contributed by atoms with Crippen LogP contribution < -0.4 is 5.32 Å². The summed E-state index contributed by atoms with van der Waals surface area (Å²) in [5.41, 5.74) is 1.96. The lowest BCUT2D eigenvalue weighted by Crippen LogP contribution is -2.48. The Labute approximate surface area is 187 Å². The van der Waals surface area contributed by atoms with E-state index < -0.39 is 0 Å². The number of ether oxygens (including phenoxy) is 1. The number of aliphatic imine (C=N–C) groups is 1. The van der Waals surface area contributed by atoms with Crippen molar-refractivity contribution in [1.29, 1.82) is 0 Å². The van der Waals surface area contributed by atoms with E-state index >= 15 is 0 Å². The molecule has 1 fully saturated rings. The van der Waals surface area contributed by atoms with Gasteiger partial charge in [0, 0.05) is 51.1 Å². The van der Waals surface area contributed by atoms with Crippen molar-refractivity contribution in [2.24, 2.45) is 12.0 Å². The van der Waals surface area contributed by atoms with Crippen LogP contribution >= 0.6 is 24.0 Å². The zero-order valence-electron chi connectivity index (χ0n) is 16.7. The van der Waals surface area contributed by atoms with Crippen molar-refractivity contribution in [2.75, 3.05) is 32.8 Å². The number of aryl methyl sites for hydroxylation is 1. The standard InChI is InChI=1S/C19H26N8O.HI/c1-3-20-19(21-8-7-18-24-23-17-6-4-5-9-27(17)18)26-10-11-28-16(14-26)15-12-22-25(2)13-15;/h4-6,9,12-13,16H,3,7-8,10-11,14H2,1-2H3,(H,20,21);1H. The highest BCUT2D eigenvalue weighted by Gasteiger charge is 2.25. The predicted molar refractivity (Wildman–Crippen MR) is 122 cm³/mol. The molecule has 1 saturated heterocycles. The Bertz CT molecular complexity index is 952. The fourth-order valence-corrected chi connectivity index (χ4v) is 3.40. The van der Waals surface area contributed by atoms with Crippen LogP contribution in [0.25, 0.3) is 5.65 Å². The third-order valence-corrected chi connectivity index (χ3v) is 4.78. The molecule has 9 nitrogen and oxygen atoms in total. The van der Waals surface area contributed by atoms with Gasteiger partial charge in [0.1, 0.15) is 11.9 Å². The summed E-state index contributed by atoms with van der Waals surface area (Å²) in [6.45, 7) is 5.79. The van der Waals surface area contributed by atoms with E-state index in [0.29, 0.717) is 13.2 Å². The van der Waals surface area contributed by atoms with Crippen molar-refractivity contribution >= 4 is 35.6 Å². The SMILES string of the molecule is CCNC(=NCCc1nnc2ccccn12)N1CCOC(c2cnn(C)c2)C1.I. The fraction of sp³-hybridized carbons (Fsp3) is 0.474. The first-order chi connectivity index (χ1) is 13.7. The largest absolute Gasteiger partial charge is 0.370 e. The lowest BCUT2D eigenvalue weighted by Gasteiger charge is -2.34. The summed E-state index contributed by atoms with van der Waals surface area (Å²) in [4.78, 5) is 7.08. The van der Waals surface area contributed by atoms with Crippen LogP contribution in [0, 0.1) is 0 Å². The molecule has 3 aromatic heterocycles. The van der Waals surface area contributed by atoms with Gasteiger partial charge in [0.15, 0.2) is 11.6 Å². The van der Waals surface area contributed by atoms with Crippen molar-refractivity contribution in [3.63, 3.8) is 0 Å². The van der Waals surface area contributed by atoms with E-state index in [1.165, 1.54) is 0 Å². The highest BCUT2D eigenvalue weighted by molar-refractivity contribution is 14.0. The smallest absolute Gasteiger partial charge is 0.194 e. The van der Waals surface area contributed by atoms with Crippen LogP contribution in [-0.2, 0) is 18.2 Å². The molecule has 10 heteroatoms. The number of aromatic nitrogens is 5. The van der Waals surface area contributed by atoms with Crippen LogP contribution in [0.4, 0.5) is 0 Å². The molecule has 4 heterocycles. The minimum Gasteiger partial charge on any atom is -0.370 e. The first-order valence-electron chi connectivity index (χ1n) is 9.66. The maximum atomic E-state index is 5.95. The molecule has 1 aliphatic rings. The van der Waals surface area contributed by atoms with E-state index in [1.807, 2.05) is 48.2 Å². The second-order valence-corrected chi connectivity index (χ2v) is 6.78. The summed E-state index contributed by atoms with van der Waals surface area (Å²) < 4.78 is 9.76. The van der Waals surface area contributed by atoms with E-state index in [0.717, 1.165) is 49.0 Å². The Hall–Kier alpha value is -2.21. The number of nitrogens with zero attached hydrogens (tertiary/aromatic N) is 7. The van der Waals surface area contributed by atoms with Crippen LogP contribution in [0.3, 0.4) is 0 Å². The number of guanidine groups is 1. The molecule has 29 heavy (non-hydrogen) atoms. The average molecular weight is 510 g/mol. The van der Waals surface area contributed by atoms with Gasteiger partial charge in [0.2, 0.25) is 0 Å². The molecule has 4 rings (SSSR count). The number of morpholine rings is 1. The maximum Gasteiger partial charge on any atom is 0.194 e. The first kappa shape index (κ1) is 21.5. The molecule has 1 N–H and O–H groups in total. The van der Waals surface area contributed by atoms with Gasteiger partial charge >= 0.3 is 0 Å². The van der Waals surface area contributed by atoms with E-state index in [9.17, 15) is 0 Å². The van der Waals surface area contributed by atoms with Crippen molar-refractivity contribution in [2.45, 2.75) is 19.4 Å². The third kappa shape index (κ3) is 5.04. The van der Waals surface area contributed by atoms with Gasteiger partial charge in [-0.15, -0.1) is 34.2 Å². The molecule has 1 aliphatic heterocycles. The highest BCUT2D eigenvalue weighted by Crippen LogP contribution is 2.21. The fourth-order valence-electron chi connectivity index (χ4n) is 3.40. The Morgan fingerprint density at radius 3 is 3.03 bits per heavy atom. The third-order valence-electron chi connectivity index (χ3n) is 4.78. The van der Waals surface area contributed by atoms with Crippen LogP contribution in [0.15, 0.2) is 41.8 Å². The minimum atomic E-state index is 0. The van der Waals surface area contributed by atoms with Crippen molar-refractivity contribution in [3.8, 4) is 0 Å². The molecular weight excluding hydrogens is 483 g/mol. The van der Waals surface area contributed by atoms with E-state index in [1.54, 1.807) is 4.68 Å². The molecule has 0 aromatic carbocycles. The van der Waals surface area contributed by atoms with Crippen LogP contribution in [0.1, 0.15) is 24.4 Å². The summed E-state index contributed by atoms with van der Waals surface area (Å²) in [5, 5.41) is 16.1. The molecule has 156 valence electrons. The predicted octanol–water partition coefficient (Wildman–Crippen LogP) is 1.66. The number of hydrogen-bond acceptors (Lipinski definition) is 5. The van der Waals surface area contributed by atoms with Crippen LogP contribution in [-0.4, -0.2) is 68.0 Å². The number of pyridine rings is 1. The summed E-state index contributed by atoms with van der Waals surface area (Å²) >= 11 is 0. The molecule has 0 bridgehead atoms. The number of nitrogens with one attached hydrogen (secondary N) is 1. The topological polar surface area (TPSA) is 84.9 Å². The molecular formula is C19H27IN8O. The number of fused-ring (bicyclic) bond motifs is 1. The van der Waals surface area contributed by atoms with Gasteiger partial charge < -0.3 is 15.0 Å². The molecule has 0 spiro atoms.